The van der Waals surface area contributed by atoms with Gasteiger partial charge in [-0.25, -0.2) is 9.59 Å². The normalized spacial score (nSPS) is 19.6. The van der Waals surface area contributed by atoms with Gasteiger partial charge in [-0.1, -0.05) is 41.4 Å². The second kappa shape index (κ2) is 7.83. The fourth-order valence-electron chi connectivity index (χ4n) is 2.30. The molecule has 0 saturated carbocycles. The summed E-state index contributed by atoms with van der Waals surface area (Å²) in [7, 11) is 2.54. The Bertz CT molecular complexity index is 711. The third-order valence-corrected chi connectivity index (χ3v) is 4.31. The SMILES string of the molecule is COC(=O)C1=CC=CC(OCc2ccc(Cl)c(Cl)c2)(C(=O)OC)C1. The summed E-state index contributed by atoms with van der Waals surface area (Å²) in [6, 6.07) is 5.03. The van der Waals surface area contributed by atoms with Gasteiger partial charge in [0.15, 0.2) is 5.60 Å². The van der Waals surface area contributed by atoms with Crippen molar-refractivity contribution in [2.75, 3.05) is 14.2 Å². The minimum Gasteiger partial charge on any atom is -0.467 e. The smallest absolute Gasteiger partial charge is 0.342 e. The van der Waals surface area contributed by atoms with Gasteiger partial charge in [-0.2, -0.15) is 0 Å². The molecule has 0 saturated heterocycles. The molecule has 24 heavy (non-hydrogen) atoms. The van der Waals surface area contributed by atoms with Gasteiger partial charge < -0.3 is 14.2 Å². The first-order valence-corrected chi connectivity index (χ1v) is 7.80. The lowest BCUT2D eigenvalue weighted by molar-refractivity contribution is -0.165. The monoisotopic (exact) mass is 370 g/mol. The average Bonchev–Trinajstić information content (AvgIpc) is 2.61. The van der Waals surface area contributed by atoms with E-state index in [4.69, 9.17) is 37.4 Å². The molecule has 0 amide bonds. The Labute approximate surface area is 149 Å². The fourth-order valence-corrected chi connectivity index (χ4v) is 2.63. The molecule has 1 unspecified atom stereocenters. The summed E-state index contributed by atoms with van der Waals surface area (Å²) < 4.78 is 15.4. The third kappa shape index (κ3) is 3.98. The Balaban J connectivity index is 2.22. The van der Waals surface area contributed by atoms with E-state index in [1.807, 2.05) is 0 Å². The van der Waals surface area contributed by atoms with Gasteiger partial charge in [0.25, 0.3) is 0 Å². The summed E-state index contributed by atoms with van der Waals surface area (Å²) in [6.45, 7) is 0.0881. The highest BCUT2D eigenvalue weighted by Gasteiger charge is 2.42. The van der Waals surface area contributed by atoms with Crippen LogP contribution in [0.25, 0.3) is 0 Å². The summed E-state index contributed by atoms with van der Waals surface area (Å²) in [5.74, 6) is -1.13. The zero-order chi connectivity index (χ0) is 17.7. The highest BCUT2D eigenvalue weighted by Crippen LogP contribution is 2.31. The minimum absolute atomic E-state index is 0.0180. The Morgan fingerprint density at radius 1 is 1.17 bits per heavy atom. The van der Waals surface area contributed by atoms with Crippen LogP contribution in [-0.4, -0.2) is 31.8 Å². The maximum atomic E-state index is 12.3. The molecular formula is C17H16Cl2O5. The van der Waals surface area contributed by atoms with Crippen molar-refractivity contribution >= 4 is 35.1 Å². The van der Waals surface area contributed by atoms with Crippen molar-refractivity contribution in [3.05, 3.63) is 57.6 Å². The molecule has 0 N–H and O–H groups in total. The van der Waals surface area contributed by atoms with Gasteiger partial charge >= 0.3 is 11.9 Å². The van der Waals surface area contributed by atoms with E-state index in [9.17, 15) is 9.59 Å². The molecule has 0 aliphatic heterocycles. The molecule has 7 heteroatoms. The predicted octanol–water partition coefficient (Wildman–Crippen LogP) is 3.48. The number of hydrogen-bond acceptors (Lipinski definition) is 5. The van der Waals surface area contributed by atoms with Crippen molar-refractivity contribution in [1.82, 2.24) is 0 Å². The minimum atomic E-state index is -1.40. The summed E-state index contributed by atoms with van der Waals surface area (Å²) in [5, 5.41) is 0.816. The molecule has 0 fully saturated rings. The second-order valence-electron chi connectivity index (χ2n) is 5.14. The maximum absolute atomic E-state index is 12.3. The highest BCUT2D eigenvalue weighted by molar-refractivity contribution is 6.42. The highest BCUT2D eigenvalue weighted by atomic mass is 35.5. The van der Waals surface area contributed by atoms with E-state index >= 15 is 0 Å². The van der Waals surface area contributed by atoms with E-state index in [1.54, 1.807) is 36.4 Å². The van der Waals surface area contributed by atoms with Gasteiger partial charge in [0, 0.05) is 12.0 Å². The Morgan fingerprint density at radius 3 is 2.54 bits per heavy atom. The van der Waals surface area contributed by atoms with Crippen LogP contribution in [0.1, 0.15) is 12.0 Å². The number of rotatable bonds is 5. The molecule has 0 radical (unpaired) electrons. The first kappa shape index (κ1) is 18.5. The molecule has 0 spiro atoms. The molecule has 1 aliphatic carbocycles. The summed E-state index contributed by atoms with van der Waals surface area (Å²) in [4.78, 5) is 24.0. The quantitative estimate of drug-likeness (QED) is 0.742. The van der Waals surface area contributed by atoms with Crippen molar-refractivity contribution < 1.29 is 23.8 Å². The summed E-state index contributed by atoms with van der Waals surface area (Å²) in [5.41, 5.74) is -0.353. The number of halogens is 2. The lowest BCUT2D eigenvalue weighted by Gasteiger charge is -2.30. The standard InChI is InChI=1S/C17H16Cl2O5/c1-22-15(20)12-4-3-7-17(9-12,16(21)23-2)24-10-11-5-6-13(18)14(19)8-11/h3-8H,9-10H2,1-2H3. The van der Waals surface area contributed by atoms with Crippen molar-refractivity contribution in [2.45, 2.75) is 18.6 Å². The van der Waals surface area contributed by atoms with E-state index in [-0.39, 0.29) is 13.0 Å². The number of methoxy groups -OCH3 is 2. The van der Waals surface area contributed by atoms with E-state index in [1.165, 1.54) is 14.2 Å². The van der Waals surface area contributed by atoms with E-state index in [0.29, 0.717) is 15.6 Å². The molecular weight excluding hydrogens is 355 g/mol. The fraction of sp³-hybridized carbons (Fsp3) is 0.294. The van der Waals surface area contributed by atoms with Crippen LogP contribution >= 0.6 is 23.2 Å². The van der Waals surface area contributed by atoms with Crippen LogP contribution in [0.4, 0.5) is 0 Å². The number of benzene rings is 1. The first-order chi connectivity index (χ1) is 11.4. The molecule has 1 atom stereocenters. The summed E-state index contributed by atoms with van der Waals surface area (Å²) >= 11 is 11.9. The molecule has 0 aromatic heterocycles. The lowest BCUT2D eigenvalue weighted by Crippen LogP contribution is -2.42. The van der Waals surface area contributed by atoms with Crippen molar-refractivity contribution in [2.24, 2.45) is 0 Å². The zero-order valence-electron chi connectivity index (χ0n) is 13.2. The number of ether oxygens (including phenoxy) is 3. The Morgan fingerprint density at radius 2 is 1.92 bits per heavy atom. The molecule has 128 valence electrons. The van der Waals surface area contributed by atoms with Gasteiger partial charge in [0.1, 0.15) is 0 Å². The van der Waals surface area contributed by atoms with Gasteiger partial charge in [0.05, 0.1) is 30.9 Å². The number of allylic oxidation sites excluding steroid dienone is 2. The van der Waals surface area contributed by atoms with Crippen molar-refractivity contribution in [1.29, 1.82) is 0 Å². The zero-order valence-corrected chi connectivity index (χ0v) is 14.7. The van der Waals surface area contributed by atoms with Crippen LogP contribution in [0.15, 0.2) is 42.0 Å². The molecule has 0 heterocycles. The maximum Gasteiger partial charge on any atom is 0.342 e. The van der Waals surface area contributed by atoms with Crippen LogP contribution in [0.5, 0.6) is 0 Å². The van der Waals surface area contributed by atoms with E-state index in [0.717, 1.165) is 5.56 Å². The van der Waals surface area contributed by atoms with Gasteiger partial charge in [0.2, 0.25) is 0 Å². The molecule has 2 rings (SSSR count). The molecule has 1 aromatic carbocycles. The Kier molecular flexibility index (Phi) is 6.04. The Hall–Kier alpha value is -1.82. The summed E-state index contributed by atoms with van der Waals surface area (Å²) in [6.07, 6.45) is 4.73. The third-order valence-electron chi connectivity index (χ3n) is 3.57. The van der Waals surface area contributed by atoms with Crippen molar-refractivity contribution in [3.63, 3.8) is 0 Å². The van der Waals surface area contributed by atoms with Crippen LogP contribution in [0.3, 0.4) is 0 Å². The molecule has 0 bridgehead atoms. The molecule has 5 nitrogen and oxygen atoms in total. The first-order valence-electron chi connectivity index (χ1n) is 7.05. The van der Waals surface area contributed by atoms with Crippen LogP contribution in [0.2, 0.25) is 10.0 Å². The predicted molar refractivity (Wildman–Crippen MR) is 89.9 cm³/mol. The van der Waals surface area contributed by atoms with Crippen LogP contribution in [-0.2, 0) is 30.4 Å². The average molecular weight is 371 g/mol. The second-order valence-corrected chi connectivity index (χ2v) is 5.95. The molecule has 1 aromatic rings. The van der Waals surface area contributed by atoms with Crippen LogP contribution in [0, 0.1) is 0 Å². The lowest BCUT2D eigenvalue weighted by atomic mass is 9.89. The van der Waals surface area contributed by atoms with Crippen molar-refractivity contribution in [3.8, 4) is 0 Å². The van der Waals surface area contributed by atoms with Gasteiger partial charge in [-0.15, -0.1) is 0 Å². The topological polar surface area (TPSA) is 61.8 Å². The number of carbonyl (C=O) groups excluding carboxylic acids is 2. The largest absolute Gasteiger partial charge is 0.467 e. The number of esters is 2. The van der Waals surface area contributed by atoms with Gasteiger partial charge in [-0.05, 0) is 23.8 Å². The number of carbonyl (C=O) groups is 2. The molecule has 1 aliphatic rings. The van der Waals surface area contributed by atoms with E-state index in [2.05, 4.69) is 0 Å². The van der Waals surface area contributed by atoms with Crippen LogP contribution < -0.4 is 0 Å². The van der Waals surface area contributed by atoms with E-state index < -0.39 is 17.5 Å². The van der Waals surface area contributed by atoms with Gasteiger partial charge in [-0.3, -0.25) is 0 Å². The number of hydrogen-bond donors (Lipinski definition) is 0.